The molecule has 5 heteroatoms. The number of carbonyl (C=O) groups is 1. The van der Waals surface area contributed by atoms with Gasteiger partial charge >= 0.3 is 0 Å². The zero-order chi connectivity index (χ0) is 20.1. The molecule has 0 aliphatic heterocycles. The van der Waals surface area contributed by atoms with E-state index < -0.39 is 18.3 Å². The van der Waals surface area contributed by atoms with Crippen molar-refractivity contribution in [2.75, 3.05) is 0 Å². The van der Waals surface area contributed by atoms with Crippen LogP contribution in [0.2, 0.25) is 0 Å². The van der Waals surface area contributed by atoms with Crippen molar-refractivity contribution < 1.29 is 20.1 Å². The van der Waals surface area contributed by atoms with Gasteiger partial charge in [0.1, 0.15) is 0 Å². The Kier molecular flexibility index (Phi) is 11.8. The average Bonchev–Trinajstić information content (AvgIpc) is 2.89. The van der Waals surface area contributed by atoms with Crippen LogP contribution in [0.3, 0.4) is 0 Å². The van der Waals surface area contributed by atoms with Crippen LogP contribution in [0, 0.1) is 24.3 Å². The summed E-state index contributed by atoms with van der Waals surface area (Å²) in [6.45, 7) is 2.13. The molecule has 1 aliphatic rings. The molecule has 0 aromatic carbocycles. The first-order valence-electron chi connectivity index (χ1n) is 10.1. The molecule has 0 aromatic heterocycles. The Morgan fingerprint density at radius 1 is 1.26 bits per heavy atom. The molecule has 1 aliphatic carbocycles. The van der Waals surface area contributed by atoms with Gasteiger partial charge in [-0.1, -0.05) is 56.9 Å². The van der Waals surface area contributed by atoms with Crippen LogP contribution >= 0.6 is 0 Å². The molecule has 0 aromatic rings. The molecule has 1 saturated carbocycles. The highest BCUT2D eigenvalue weighted by atomic mass is 16.3. The summed E-state index contributed by atoms with van der Waals surface area (Å²) in [4.78, 5) is 11.3. The van der Waals surface area contributed by atoms with Crippen LogP contribution in [-0.2, 0) is 4.79 Å². The van der Waals surface area contributed by atoms with E-state index in [-0.39, 0.29) is 17.7 Å². The van der Waals surface area contributed by atoms with E-state index in [0.29, 0.717) is 25.7 Å². The lowest BCUT2D eigenvalue weighted by atomic mass is 9.89. The van der Waals surface area contributed by atoms with E-state index in [9.17, 15) is 20.1 Å². The lowest BCUT2D eigenvalue weighted by molar-refractivity contribution is -0.120. The Balaban J connectivity index is 2.43. The number of hydrogen-bond acceptors (Lipinski definition) is 4. The Morgan fingerprint density at radius 3 is 2.74 bits per heavy atom. The minimum absolute atomic E-state index is 0.0555. The molecular formula is C22H35NO4. The molecule has 0 spiro atoms. The van der Waals surface area contributed by atoms with Crippen LogP contribution < -0.4 is 5.32 Å². The van der Waals surface area contributed by atoms with Crippen molar-refractivity contribution in [2.24, 2.45) is 11.8 Å². The Hall–Kier alpha value is -1.61. The smallest absolute Gasteiger partial charge is 0.231 e. The topological polar surface area (TPSA) is 89.8 Å². The standard InChI is InChI=1S/C22H35NO4/c1-3-5-8-11-17(24)14-15-19-18(20(25)16-21(19)26)12-9-6-7-10-13-22(27)23-4-2/h2,6,9,14-15,17-21,24-26H,3,5,7-8,10-13,16H2,1H3,(H,23,27)/t17-,18+,19+,20-,21+/m0/s1. The van der Waals surface area contributed by atoms with E-state index in [1.165, 1.54) is 0 Å². The second kappa shape index (κ2) is 13.5. The van der Waals surface area contributed by atoms with Gasteiger partial charge in [0, 0.05) is 24.8 Å². The minimum atomic E-state index is -0.579. The molecule has 0 bridgehead atoms. The molecule has 152 valence electrons. The number of hydrogen-bond donors (Lipinski definition) is 4. The van der Waals surface area contributed by atoms with E-state index >= 15 is 0 Å². The highest BCUT2D eigenvalue weighted by Crippen LogP contribution is 2.36. The highest BCUT2D eigenvalue weighted by molar-refractivity contribution is 5.77. The maximum absolute atomic E-state index is 11.3. The number of nitrogens with one attached hydrogen (secondary N) is 1. The van der Waals surface area contributed by atoms with Crippen molar-refractivity contribution >= 4 is 5.91 Å². The normalized spacial score (nSPS) is 26.5. The number of aliphatic hydroxyl groups is 3. The van der Waals surface area contributed by atoms with Crippen molar-refractivity contribution in [3.63, 3.8) is 0 Å². The molecule has 0 heterocycles. The van der Waals surface area contributed by atoms with Gasteiger partial charge in [-0.25, -0.2) is 0 Å². The summed E-state index contributed by atoms with van der Waals surface area (Å²) in [5.74, 6) is -0.352. The van der Waals surface area contributed by atoms with Crippen LogP contribution in [-0.4, -0.2) is 39.5 Å². The van der Waals surface area contributed by atoms with Gasteiger partial charge in [-0.05, 0) is 31.6 Å². The van der Waals surface area contributed by atoms with Crippen molar-refractivity contribution in [1.29, 1.82) is 0 Å². The third-order valence-electron chi connectivity index (χ3n) is 5.14. The molecule has 5 nitrogen and oxygen atoms in total. The van der Waals surface area contributed by atoms with Gasteiger partial charge in [-0.15, -0.1) is 0 Å². The second-order valence-electron chi connectivity index (χ2n) is 7.35. The lowest BCUT2D eigenvalue weighted by Crippen LogP contribution is -2.20. The van der Waals surface area contributed by atoms with Crippen LogP contribution in [0.15, 0.2) is 24.3 Å². The fourth-order valence-corrected chi connectivity index (χ4v) is 3.56. The first-order chi connectivity index (χ1) is 13.0. The summed E-state index contributed by atoms with van der Waals surface area (Å²) in [5, 5.41) is 32.8. The zero-order valence-electron chi connectivity index (χ0n) is 16.4. The molecule has 1 amide bonds. The predicted octanol–water partition coefficient (Wildman–Crippen LogP) is 2.67. The summed E-state index contributed by atoms with van der Waals surface area (Å²) in [6, 6.07) is 2.11. The van der Waals surface area contributed by atoms with Gasteiger partial charge in [-0.3, -0.25) is 10.1 Å². The summed E-state index contributed by atoms with van der Waals surface area (Å²) < 4.78 is 0. The Labute approximate surface area is 163 Å². The number of carbonyl (C=O) groups excluding carboxylic acids is 1. The first-order valence-corrected chi connectivity index (χ1v) is 10.1. The first kappa shape index (κ1) is 23.4. The van der Waals surface area contributed by atoms with Crippen molar-refractivity contribution in [1.82, 2.24) is 5.32 Å². The van der Waals surface area contributed by atoms with Crippen LogP contribution in [0.4, 0.5) is 0 Å². The van der Waals surface area contributed by atoms with Crippen LogP contribution in [0.1, 0.15) is 64.7 Å². The molecule has 0 radical (unpaired) electrons. The average molecular weight is 378 g/mol. The molecule has 4 N–H and O–H groups in total. The number of terminal acetylenes is 1. The predicted molar refractivity (Wildman–Crippen MR) is 107 cm³/mol. The summed E-state index contributed by atoms with van der Waals surface area (Å²) in [7, 11) is 0. The number of rotatable bonds is 12. The van der Waals surface area contributed by atoms with Gasteiger partial charge in [-0.2, -0.15) is 0 Å². The van der Waals surface area contributed by atoms with E-state index in [1.54, 1.807) is 6.08 Å². The third kappa shape index (κ3) is 9.23. The highest BCUT2D eigenvalue weighted by Gasteiger charge is 2.39. The van der Waals surface area contributed by atoms with Crippen molar-refractivity contribution in [2.45, 2.75) is 83.0 Å². The second-order valence-corrected chi connectivity index (χ2v) is 7.35. The number of unbranched alkanes of at least 4 members (excludes halogenated alkanes) is 3. The Morgan fingerprint density at radius 2 is 2.04 bits per heavy atom. The van der Waals surface area contributed by atoms with Crippen LogP contribution in [0.25, 0.3) is 0 Å². The molecular weight excluding hydrogens is 342 g/mol. The Bertz CT molecular complexity index is 523. The number of allylic oxidation sites excluding steroid dienone is 2. The molecule has 0 unspecified atom stereocenters. The third-order valence-corrected chi connectivity index (χ3v) is 5.14. The van der Waals surface area contributed by atoms with Gasteiger partial charge < -0.3 is 15.3 Å². The number of aliphatic hydroxyl groups excluding tert-OH is 3. The quantitative estimate of drug-likeness (QED) is 0.182. The zero-order valence-corrected chi connectivity index (χ0v) is 16.4. The van der Waals surface area contributed by atoms with Crippen molar-refractivity contribution in [3.8, 4) is 12.5 Å². The maximum atomic E-state index is 11.3. The summed E-state index contributed by atoms with van der Waals surface area (Å²) in [6.07, 6.45) is 17.9. The fraction of sp³-hybridized carbons (Fsp3) is 0.682. The molecule has 1 rings (SSSR count). The maximum Gasteiger partial charge on any atom is 0.231 e. The van der Waals surface area contributed by atoms with Gasteiger partial charge in [0.15, 0.2) is 0 Å². The molecule has 5 atom stereocenters. The fourth-order valence-electron chi connectivity index (χ4n) is 3.56. The van der Waals surface area contributed by atoms with Crippen LogP contribution in [0.5, 0.6) is 0 Å². The lowest BCUT2D eigenvalue weighted by Gasteiger charge is -2.19. The summed E-state index contributed by atoms with van der Waals surface area (Å²) in [5.41, 5.74) is 0. The monoisotopic (exact) mass is 377 g/mol. The largest absolute Gasteiger partial charge is 0.393 e. The number of amides is 1. The molecule has 1 fully saturated rings. The summed E-state index contributed by atoms with van der Waals surface area (Å²) >= 11 is 0. The van der Waals surface area contributed by atoms with Gasteiger partial charge in [0.05, 0.1) is 18.3 Å². The SMILES string of the molecule is C#CNC(=O)CCCC=CC[C@@H]1[C@@H](C=C[C@@H](O)CCCCC)[C@H](O)C[C@@H]1O. The van der Waals surface area contributed by atoms with Gasteiger partial charge in [0.2, 0.25) is 5.91 Å². The van der Waals surface area contributed by atoms with E-state index in [4.69, 9.17) is 6.42 Å². The van der Waals surface area contributed by atoms with E-state index in [0.717, 1.165) is 32.1 Å². The van der Waals surface area contributed by atoms with E-state index in [2.05, 4.69) is 18.3 Å². The van der Waals surface area contributed by atoms with Gasteiger partial charge in [0.25, 0.3) is 0 Å². The minimum Gasteiger partial charge on any atom is -0.393 e. The van der Waals surface area contributed by atoms with Crippen molar-refractivity contribution in [3.05, 3.63) is 24.3 Å². The van der Waals surface area contributed by atoms with E-state index in [1.807, 2.05) is 18.2 Å². The molecule has 0 saturated heterocycles. The molecule has 27 heavy (non-hydrogen) atoms.